The molecule has 3 aromatic heterocycles. The van der Waals surface area contributed by atoms with Gasteiger partial charge in [-0.05, 0) is 37.5 Å². The number of benzene rings is 1. The molecule has 5 rings (SSSR count). The third kappa shape index (κ3) is 4.11. The summed E-state index contributed by atoms with van der Waals surface area (Å²) in [6.45, 7) is 2.90. The molecule has 8 nitrogen and oxygen atoms in total. The van der Waals surface area contributed by atoms with Crippen LogP contribution in [0.15, 0.2) is 35.0 Å². The van der Waals surface area contributed by atoms with E-state index in [9.17, 15) is 4.79 Å². The van der Waals surface area contributed by atoms with Crippen molar-refractivity contribution in [2.45, 2.75) is 45.6 Å². The summed E-state index contributed by atoms with van der Waals surface area (Å²) in [5, 5.41) is 22.4. The Balaban J connectivity index is 1.27. The molecule has 1 fully saturated rings. The van der Waals surface area contributed by atoms with E-state index in [4.69, 9.17) is 9.68 Å². The molecule has 31 heavy (non-hydrogen) atoms. The standard InChI is InChI=1S/C22H20N6O2S/c1-2-28-12-15(11-24-28)14-3-4-17-18(7-14)31-21(25-17)9-20-27-26-19(30-20)8-16(29)10-22(13-23)5-6-22/h3-4,7,11-12H,2,5-6,8-10H2,1H3. The van der Waals surface area contributed by atoms with Crippen LogP contribution in [0.5, 0.6) is 0 Å². The lowest BCUT2D eigenvalue weighted by atomic mass is 10.00. The van der Waals surface area contributed by atoms with Crippen molar-refractivity contribution in [3.8, 4) is 17.2 Å². The smallest absolute Gasteiger partial charge is 0.223 e. The molecule has 1 aromatic carbocycles. The maximum atomic E-state index is 12.2. The van der Waals surface area contributed by atoms with Crippen LogP contribution in [0.1, 0.15) is 43.0 Å². The highest BCUT2D eigenvalue weighted by Gasteiger charge is 2.44. The molecule has 0 amide bonds. The molecular weight excluding hydrogens is 412 g/mol. The lowest BCUT2D eigenvalue weighted by molar-refractivity contribution is -0.119. The third-order valence-corrected chi connectivity index (χ3v) is 6.53. The summed E-state index contributed by atoms with van der Waals surface area (Å²) in [6, 6.07) is 8.42. The summed E-state index contributed by atoms with van der Waals surface area (Å²) in [4.78, 5) is 16.9. The maximum absolute atomic E-state index is 12.2. The van der Waals surface area contributed by atoms with Gasteiger partial charge in [-0.2, -0.15) is 10.4 Å². The van der Waals surface area contributed by atoms with Gasteiger partial charge in [0.05, 0.1) is 40.7 Å². The van der Waals surface area contributed by atoms with Gasteiger partial charge in [-0.15, -0.1) is 21.5 Å². The van der Waals surface area contributed by atoms with Crippen LogP contribution < -0.4 is 0 Å². The number of nitriles is 1. The number of hydrogen-bond acceptors (Lipinski definition) is 8. The summed E-state index contributed by atoms with van der Waals surface area (Å²) in [7, 11) is 0. The average Bonchev–Trinajstić information content (AvgIpc) is 3.13. The van der Waals surface area contributed by atoms with Crippen molar-refractivity contribution in [1.29, 1.82) is 5.26 Å². The fourth-order valence-electron chi connectivity index (χ4n) is 3.56. The fraction of sp³-hybridized carbons (Fsp3) is 0.364. The van der Waals surface area contributed by atoms with Gasteiger partial charge in [-0.3, -0.25) is 9.48 Å². The van der Waals surface area contributed by atoms with Crippen molar-refractivity contribution in [1.82, 2.24) is 25.0 Å². The van der Waals surface area contributed by atoms with Crippen LogP contribution in [-0.2, 0) is 24.2 Å². The van der Waals surface area contributed by atoms with E-state index in [-0.39, 0.29) is 18.6 Å². The van der Waals surface area contributed by atoms with Crippen LogP contribution in [0, 0.1) is 16.7 Å². The van der Waals surface area contributed by atoms with Crippen molar-refractivity contribution < 1.29 is 9.21 Å². The maximum Gasteiger partial charge on any atom is 0.223 e. The lowest BCUT2D eigenvalue weighted by Crippen LogP contribution is -2.10. The number of carbonyl (C=O) groups is 1. The van der Waals surface area contributed by atoms with E-state index in [0.29, 0.717) is 18.2 Å². The Kier molecular flexibility index (Phi) is 4.87. The van der Waals surface area contributed by atoms with Gasteiger partial charge in [0.2, 0.25) is 11.8 Å². The minimum absolute atomic E-state index is 0.0341. The van der Waals surface area contributed by atoms with Crippen molar-refractivity contribution >= 4 is 27.3 Å². The Hall–Kier alpha value is -3.38. The van der Waals surface area contributed by atoms with E-state index in [1.807, 2.05) is 29.2 Å². The Labute approximate surface area is 182 Å². The van der Waals surface area contributed by atoms with Crippen LogP contribution >= 0.6 is 11.3 Å². The first-order chi connectivity index (χ1) is 15.1. The van der Waals surface area contributed by atoms with Gasteiger partial charge in [0.1, 0.15) is 10.8 Å². The van der Waals surface area contributed by atoms with Crippen molar-refractivity contribution in [2.75, 3.05) is 0 Å². The minimum atomic E-state index is -0.449. The molecule has 0 aliphatic heterocycles. The zero-order chi connectivity index (χ0) is 21.4. The van der Waals surface area contributed by atoms with E-state index in [0.717, 1.165) is 45.7 Å². The first-order valence-corrected chi connectivity index (χ1v) is 11.0. The fourth-order valence-corrected chi connectivity index (χ4v) is 4.56. The van der Waals surface area contributed by atoms with Gasteiger partial charge < -0.3 is 4.42 Å². The Bertz CT molecular complexity index is 1310. The molecule has 9 heteroatoms. The second kappa shape index (κ2) is 7.71. The molecule has 0 N–H and O–H groups in total. The van der Waals surface area contributed by atoms with Gasteiger partial charge >= 0.3 is 0 Å². The van der Waals surface area contributed by atoms with Crippen LogP contribution in [0.25, 0.3) is 21.3 Å². The Morgan fingerprint density at radius 3 is 2.87 bits per heavy atom. The molecule has 3 heterocycles. The summed E-state index contributed by atoms with van der Waals surface area (Å²) >= 11 is 1.59. The third-order valence-electron chi connectivity index (χ3n) is 5.51. The predicted molar refractivity (Wildman–Crippen MR) is 114 cm³/mol. The molecule has 0 unspecified atom stereocenters. The minimum Gasteiger partial charge on any atom is -0.424 e. The highest BCUT2D eigenvalue weighted by molar-refractivity contribution is 7.18. The molecule has 0 radical (unpaired) electrons. The number of thiazole rings is 1. The number of hydrogen-bond donors (Lipinski definition) is 0. The Morgan fingerprint density at radius 2 is 2.13 bits per heavy atom. The van der Waals surface area contributed by atoms with E-state index in [1.54, 1.807) is 11.3 Å². The molecule has 156 valence electrons. The molecule has 0 spiro atoms. The molecule has 0 bridgehead atoms. The van der Waals surface area contributed by atoms with Gasteiger partial charge in [0.25, 0.3) is 0 Å². The van der Waals surface area contributed by atoms with Crippen LogP contribution in [0.2, 0.25) is 0 Å². The van der Waals surface area contributed by atoms with Crippen LogP contribution in [-0.4, -0.2) is 30.7 Å². The number of aryl methyl sites for hydroxylation is 1. The molecule has 1 saturated carbocycles. The summed E-state index contributed by atoms with van der Waals surface area (Å²) < 4.78 is 8.65. The second-order valence-corrected chi connectivity index (χ2v) is 9.04. The van der Waals surface area contributed by atoms with E-state index >= 15 is 0 Å². The number of ketones is 1. The number of rotatable bonds is 8. The van der Waals surface area contributed by atoms with Crippen molar-refractivity contribution in [3.05, 3.63) is 47.4 Å². The van der Waals surface area contributed by atoms with E-state index in [2.05, 4.69) is 39.3 Å². The molecule has 1 aliphatic carbocycles. The van der Waals surface area contributed by atoms with Crippen molar-refractivity contribution in [3.63, 3.8) is 0 Å². The quantitative estimate of drug-likeness (QED) is 0.414. The first kappa shape index (κ1) is 19.6. The average molecular weight is 433 g/mol. The van der Waals surface area contributed by atoms with Gasteiger partial charge in [0.15, 0.2) is 0 Å². The predicted octanol–water partition coefficient (Wildman–Crippen LogP) is 3.96. The number of aromatic nitrogens is 5. The number of carbonyl (C=O) groups excluding carboxylic acids is 1. The SMILES string of the molecule is CCn1cc(-c2ccc3nc(Cc4nnc(CC(=O)CC5(C#N)CC5)o4)sc3c2)cn1. The monoisotopic (exact) mass is 432 g/mol. The number of nitrogens with zero attached hydrogens (tertiary/aromatic N) is 6. The van der Waals surface area contributed by atoms with Crippen LogP contribution in [0.4, 0.5) is 0 Å². The molecule has 4 aromatic rings. The highest BCUT2D eigenvalue weighted by Crippen LogP contribution is 2.48. The second-order valence-electron chi connectivity index (χ2n) is 7.93. The van der Waals surface area contributed by atoms with Gasteiger partial charge in [-0.1, -0.05) is 6.07 Å². The van der Waals surface area contributed by atoms with Gasteiger partial charge in [-0.25, -0.2) is 4.98 Å². The molecule has 0 saturated heterocycles. The highest BCUT2D eigenvalue weighted by atomic mass is 32.1. The summed E-state index contributed by atoms with van der Waals surface area (Å²) in [5.41, 5.74) is 2.66. The largest absolute Gasteiger partial charge is 0.424 e. The van der Waals surface area contributed by atoms with Crippen molar-refractivity contribution in [2.24, 2.45) is 5.41 Å². The summed E-state index contributed by atoms with van der Waals surface area (Å²) in [6.07, 6.45) is 6.26. The lowest BCUT2D eigenvalue weighted by Gasteiger charge is -2.01. The Morgan fingerprint density at radius 1 is 1.29 bits per heavy atom. The van der Waals surface area contributed by atoms with Crippen LogP contribution in [0.3, 0.4) is 0 Å². The number of fused-ring (bicyclic) bond motifs is 1. The zero-order valence-corrected chi connectivity index (χ0v) is 17.9. The molecule has 1 aliphatic rings. The summed E-state index contributed by atoms with van der Waals surface area (Å²) in [5.74, 6) is 0.700. The topological polar surface area (TPSA) is 110 Å². The molecule has 0 atom stereocenters. The van der Waals surface area contributed by atoms with E-state index in [1.165, 1.54) is 0 Å². The van der Waals surface area contributed by atoms with E-state index < -0.39 is 5.41 Å². The number of Topliss-reactive ketones (excluding diaryl/α,β-unsaturated/α-hetero) is 1. The molecular formula is C22H20N6O2S. The van der Waals surface area contributed by atoms with Gasteiger partial charge in [0, 0.05) is 24.7 Å². The first-order valence-electron chi connectivity index (χ1n) is 10.2. The zero-order valence-electron chi connectivity index (χ0n) is 17.0. The normalized spacial score (nSPS) is 14.6.